The van der Waals surface area contributed by atoms with Crippen molar-refractivity contribution in [2.24, 2.45) is 0 Å². The molecule has 0 bridgehead atoms. The Labute approximate surface area is 150 Å². The fourth-order valence-corrected chi connectivity index (χ4v) is 3.62. The summed E-state index contributed by atoms with van der Waals surface area (Å²) >= 11 is 0. The molecule has 5 nitrogen and oxygen atoms in total. The average molecular weight is 359 g/mol. The van der Waals surface area contributed by atoms with Gasteiger partial charge in [-0.3, -0.25) is 4.72 Å². The quantitative estimate of drug-likeness (QED) is 0.740. The monoisotopic (exact) mass is 359 g/mol. The maximum Gasteiger partial charge on any atom is 0.301 e. The van der Waals surface area contributed by atoms with E-state index >= 15 is 0 Å². The standard InChI is InChI=1S/C19H25N3O2S/c1-4-13-22(3)25(23,24)21-19-14-16(11-12-18(19)20)17(5-2)15-9-7-6-8-10-15/h5-12,14,21H,4,13,20H2,1-3H3. The third-order valence-corrected chi connectivity index (χ3v) is 5.41. The second kappa shape index (κ2) is 8.18. The molecule has 0 spiro atoms. The highest BCUT2D eigenvalue weighted by atomic mass is 32.2. The lowest BCUT2D eigenvalue weighted by Gasteiger charge is -2.19. The number of nitrogens with two attached hydrogens (primary N) is 1. The van der Waals surface area contributed by atoms with Gasteiger partial charge in [-0.05, 0) is 42.2 Å². The largest absolute Gasteiger partial charge is 0.397 e. The summed E-state index contributed by atoms with van der Waals surface area (Å²) in [6.45, 7) is 4.33. The van der Waals surface area contributed by atoms with Crippen LogP contribution in [0.1, 0.15) is 31.4 Å². The number of allylic oxidation sites excluding steroid dienone is 1. The zero-order chi connectivity index (χ0) is 18.4. The van der Waals surface area contributed by atoms with E-state index in [0.717, 1.165) is 23.1 Å². The summed E-state index contributed by atoms with van der Waals surface area (Å²) in [4.78, 5) is 0. The molecule has 0 aromatic heterocycles. The molecule has 0 aliphatic heterocycles. The van der Waals surface area contributed by atoms with Gasteiger partial charge in [0.25, 0.3) is 0 Å². The fourth-order valence-electron chi connectivity index (χ4n) is 2.58. The molecular weight excluding hydrogens is 334 g/mol. The van der Waals surface area contributed by atoms with E-state index < -0.39 is 10.2 Å². The molecule has 0 unspecified atom stereocenters. The Morgan fingerprint density at radius 1 is 1.16 bits per heavy atom. The van der Waals surface area contributed by atoms with Crippen molar-refractivity contribution in [1.29, 1.82) is 0 Å². The first-order valence-electron chi connectivity index (χ1n) is 8.24. The van der Waals surface area contributed by atoms with Crippen molar-refractivity contribution in [2.75, 3.05) is 24.0 Å². The summed E-state index contributed by atoms with van der Waals surface area (Å²) in [5.74, 6) is 0. The molecule has 3 N–H and O–H groups in total. The van der Waals surface area contributed by atoms with Crippen molar-refractivity contribution in [3.8, 4) is 0 Å². The highest BCUT2D eigenvalue weighted by Crippen LogP contribution is 2.29. The number of rotatable bonds is 7. The molecule has 25 heavy (non-hydrogen) atoms. The van der Waals surface area contributed by atoms with Crippen molar-refractivity contribution in [3.63, 3.8) is 0 Å². The van der Waals surface area contributed by atoms with Crippen molar-refractivity contribution in [2.45, 2.75) is 20.3 Å². The molecule has 0 saturated carbocycles. The Hall–Kier alpha value is -2.31. The second-order valence-corrected chi connectivity index (χ2v) is 7.58. The number of anilines is 2. The lowest BCUT2D eigenvalue weighted by molar-refractivity contribution is 0.473. The van der Waals surface area contributed by atoms with Crippen LogP contribution in [0, 0.1) is 0 Å². The minimum absolute atomic E-state index is 0.385. The zero-order valence-corrected chi connectivity index (χ0v) is 15.7. The lowest BCUT2D eigenvalue weighted by Crippen LogP contribution is -2.33. The summed E-state index contributed by atoms with van der Waals surface area (Å²) in [5, 5.41) is 0. The van der Waals surface area contributed by atoms with Crippen LogP contribution in [-0.2, 0) is 10.2 Å². The van der Waals surface area contributed by atoms with Crippen LogP contribution in [0.5, 0.6) is 0 Å². The third-order valence-electron chi connectivity index (χ3n) is 3.93. The van der Waals surface area contributed by atoms with Gasteiger partial charge in [0.2, 0.25) is 0 Å². The van der Waals surface area contributed by atoms with Gasteiger partial charge in [0.15, 0.2) is 0 Å². The molecule has 2 aromatic carbocycles. The molecule has 0 amide bonds. The van der Waals surface area contributed by atoms with Gasteiger partial charge >= 0.3 is 10.2 Å². The summed E-state index contributed by atoms with van der Waals surface area (Å²) in [6, 6.07) is 15.3. The highest BCUT2D eigenvalue weighted by molar-refractivity contribution is 7.90. The average Bonchev–Trinajstić information content (AvgIpc) is 2.59. The van der Waals surface area contributed by atoms with Gasteiger partial charge in [-0.2, -0.15) is 12.7 Å². The van der Waals surface area contributed by atoms with E-state index in [4.69, 9.17) is 5.73 Å². The SMILES string of the molecule is CC=C(c1ccccc1)c1ccc(N)c(NS(=O)(=O)N(C)CCC)c1. The molecular formula is C19H25N3O2S. The number of hydrogen-bond acceptors (Lipinski definition) is 3. The molecule has 6 heteroatoms. The second-order valence-electron chi connectivity index (χ2n) is 5.80. The van der Waals surface area contributed by atoms with E-state index in [1.807, 2.05) is 56.3 Å². The van der Waals surface area contributed by atoms with E-state index in [0.29, 0.717) is 17.9 Å². The van der Waals surface area contributed by atoms with Crippen molar-refractivity contribution >= 4 is 27.2 Å². The topological polar surface area (TPSA) is 75.4 Å². The molecule has 0 saturated heterocycles. The number of nitrogens with zero attached hydrogens (tertiary/aromatic N) is 1. The number of nitrogen functional groups attached to an aromatic ring is 1. The lowest BCUT2D eigenvalue weighted by atomic mass is 9.97. The molecule has 0 atom stereocenters. The van der Waals surface area contributed by atoms with Crippen LogP contribution >= 0.6 is 0 Å². The van der Waals surface area contributed by atoms with Gasteiger partial charge < -0.3 is 5.73 Å². The Kier molecular flexibility index (Phi) is 6.22. The Bertz CT molecular complexity index is 846. The first-order valence-corrected chi connectivity index (χ1v) is 9.68. The highest BCUT2D eigenvalue weighted by Gasteiger charge is 2.18. The van der Waals surface area contributed by atoms with E-state index in [2.05, 4.69) is 4.72 Å². The Balaban J connectivity index is 2.38. The van der Waals surface area contributed by atoms with Crippen LogP contribution in [0.2, 0.25) is 0 Å². The maximum absolute atomic E-state index is 12.4. The molecule has 0 heterocycles. The summed E-state index contributed by atoms with van der Waals surface area (Å²) < 4.78 is 28.7. The first-order chi connectivity index (χ1) is 11.9. The minimum atomic E-state index is -3.63. The van der Waals surface area contributed by atoms with E-state index in [-0.39, 0.29) is 0 Å². The van der Waals surface area contributed by atoms with Gasteiger partial charge in [-0.25, -0.2) is 0 Å². The van der Waals surface area contributed by atoms with E-state index in [1.54, 1.807) is 19.2 Å². The van der Waals surface area contributed by atoms with Crippen LogP contribution in [0.4, 0.5) is 11.4 Å². The van der Waals surface area contributed by atoms with Gasteiger partial charge in [0.1, 0.15) is 0 Å². The number of hydrogen-bond donors (Lipinski definition) is 2. The molecule has 0 radical (unpaired) electrons. The van der Waals surface area contributed by atoms with Crippen LogP contribution in [-0.4, -0.2) is 26.3 Å². The summed E-state index contributed by atoms with van der Waals surface area (Å²) in [6.07, 6.45) is 2.74. The Morgan fingerprint density at radius 2 is 1.84 bits per heavy atom. The third kappa shape index (κ3) is 4.61. The Morgan fingerprint density at radius 3 is 2.44 bits per heavy atom. The van der Waals surface area contributed by atoms with Crippen LogP contribution < -0.4 is 10.5 Å². The van der Waals surface area contributed by atoms with Gasteiger partial charge in [-0.1, -0.05) is 49.4 Å². The first kappa shape index (κ1) is 19.0. The van der Waals surface area contributed by atoms with Crippen LogP contribution in [0.25, 0.3) is 5.57 Å². The molecule has 2 rings (SSSR count). The molecule has 0 aliphatic rings. The van der Waals surface area contributed by atoms with Gasteiger partial charge in [-0.15, -0.1) is 0 Å². The van der Waals surface area contributed by atoms with Crippen LogP contribution in [0.3, 0.4) is 0 Å². The zero-order valence-electron chi connectivity index (χ0n) is 14.9. The van der Waals surface area contributed by atoms with Crippen LogP contribution in [0.15, 0.2) is 54.6 Å². The minimum Gasteiger partial charge on any atom is -0.397 e. The number of benzene rings is 2. The van der Waals surface area contributed by atoms with Crippen molar-refractivity contribution in [1.82, 2.24) is 4.31 Å². The normalized spacial score (nSPS) is 12.4. The molecule has 134 valence electrons. The molecule has 0 fully saturated rings. The maximum atomic E-state index is 12.4. The van der Waals surface area contributed by atoms with E-state index in [9.17, 15) is 8.42 Å². The smallest absolute Gasteiger partial charge is 0.301 e. The molecule has 2 aromatic rings. The summed E-state index contributed by atoms with van der Waals surface area (Å²) in [5.41, 5.74) is 9.74. The van der Waals surface area contributed by atoms with Crippen molar-refractivity contribution in [3.05, 3.63) is 65.7 Å². The van der Waals surface area contributed by atoms with Gasteiger partial charge in [0.05, 0.1) is 11.4 Å². The van der Waals surface area contributed by atoms with E-state index in [1.165, 1.54) is 4.31 Å². The number of nitrogens with one attached hydrogen (secondary N) is 1. The predicted molar refractivity (Wildman–Crippen MR) is 106 cm³/mol. The predicted octanol–water partition coefficient (Wildman–Crippen LogP) is 3.72. The van der Waals surface area contributed by atoms with Gasteiger partial charge in [0, 0.05) is 13.6 Å². The van der Waals surface area contributed by atoms with Crippen molar-refractivity contribution < 1.29 is 8.42 Å². The molecule has 0 aliphatic carbocycles. The fraction of sp³-hybridized carbons (Fsp3) is 0.263. The summed E-state index contributed by atoms with van der Waals surface area (Å²) in [7, 11) is -2.08.